The molecule has 0 aliphatic carbocycles. The molecule has 0 aliphatic heterocycles. The Morgan fingerprint density at radius 3 is 2.52 bits per heavy atom. The lowest BCUT2D eigenvalue weighted by Gasteiger charge is -2.21. The monoisotopic (exact) mass is 451 g/mol. The number of hydrogen-bond acceptors (Lipinski definition) is 5. The lowest BCUT2D eigenvalue weighted by atomic mass is 10.2. The molecule has 1 aromatic heterocycles. The number of fused-ring (bicyclic) bond motifs is 1. The number of nitrogens with zero attached hydrogens (tertiary/aromatic N) is 3. The van der Waals surface area contributed by atoms with Gasteiger partial charge >= 0.3 is 0 Å². The van der Waals surface area contributed by atoms with Gasteiger partial charge in [-0.15, -0.1) is 0 Å². The molecule has 3 rings (SSSR count). The van der Waals surface area contributed by atoms with E-state index in [4.69, 9.17) is 32.9 Å². The molecule has 1 heterocycles. The van der Waals surface area contributed by atoms with Gasteiger partial charge in [0.2, 0.25) is 0 Å². The van der Waals surface area contributed by atoms with Crippen molar-refractivity contribution in [1.29, 1.82) is 0 Å². The minimum absolute atomic E-state index is 0.0702. The molecule has 154 valence electrons. The van der Waals surface area contributed by atoms with Gasteiger partial charge in [-0.3, -0.25) is 9.69 Å². The quantitative estimate of drug-likeness (QED) is 0.467. The standard InChI is InChI=1S/C21H23Cl2N3O2S/c1-14-11-16(23)12-18-20(14)24-21(29-18)26(10-4-9-25(2)3)19(27)13-28-17-7-5-15(22)6-8-17/h5-8,11-12H,4,9-10,13H2,1-3H3. The van der Waals surface area contributed by atoms with Gasteiger partial charge in [-0.05, 0) is 75.9 Å². The molecule has 0 radical (unpaired) electrons. The number of halogens is 2. The molecular weight excluding hydrogens is 429 g/mol. The maximum Gasteiger partial charge on any atom is 0.266 e. The topological polar surface area (TPSA) is 45.7 Å². The number of aromatic nitrogens is 1. The molecule has 0 aliphatic rings. The van der Waals surface area contributed by atoms with Crippen molar-refractivity contribution in [2.24, 2.45) is 0 Å². The molecule has 0 N–H and O–H groups in total. The summed E-state index contributed by atoms with van der Waals surface area (Å²) < 4.78 is 6.63. The third-order valence-corrected chi connectivity index (χ3v) is 5.83. The molecule has 0 atom stereocenters. The molecule has 0 spiro atoms. The molecule has 29 heavy (non-hydrogen) atoms. The van der Waals surface area contributed by atoms with Gasteiger partial charge in [0, 0.05) is 16.6 Å². The first kappa shape index (κ1) is 21.8. The number of carbonyl (C=O) groups excluding carboxylic acids is 1. The third kappa shape index (κ3) is 5.82. The molecule has 0 saturated carbocycles. The fourth-order valence-corrected chi connectivity index (χ4v) is 4.47. The Kier molecular flexibility index (Phi) is 7.35. The van der Waals surface area contributed by atoms with Gasteiger partial charge < -0.3 is 9.64 Å². The highest BCUT2D eigenvalue weighted by atomic mass is 35.5. The van der Waals surface area contributed by atoms with Crippen LogP contribution in [0.2, 0.25) is 10.0 Å². The minimum Gasteiger partial charge on any atom is -0.484 e. The number of anilines is 1. The van der Waals surface area contributed by atoms with Gasteiger partial charge in [0.15, 0.2) is 11.7 Å². The first-order chi connectivity index (χ1) is 13.8. The zero-order valence-corrected chi connectivity index (χ0v) is 18.9. The van der Waals surface area contributed by atoms with Crippen LogP contribution in [0.25, 0.3) is 10.2 Å². The van der Waals surface area contributed by atoms with Crippen LogP contribution >= 0.6 is 34.5 Å². The molecule has 3 aromatic rings. The fraction of sp³-hybridized carbons (Fsp3) is 0.333. The van der Waals surface area contributed by atoms with Crippen LogP contribution < -0.4 is 9.64 Å². The van der Waals surface area contributed by atoms with Gasteiger partial charge in [0.1, 0.15) is 5.75 Å². The normalized spacial score (nSPS) is 11.2. The molecule has 1 amide bonds. The lowest BCUT2D eigenvalue weighted by molar-refractivity contribution is -0.120. The van der Waals surface area contributed by atoms with Crippen LogP contribution in [0.3, 0.4) is 0 Å². The molecule has 8 heteroatoms. The zero-order chi connectivity index (χ0) is 21.0. The van der Waals surface area contributed by atoms with E-state index in [0.29, 0.717) is 27.5 Å². The molecule has 0 fully saturated rings. The van der Waals surface area contributed by atoms with E-state index in [-0.39, 0.29) is 12.5 Å². The fourth-order valence-electron chi connectivity index (χ4n) is 2.88. The Balaban J connectivity index is 1.80. The molecular formula is C21H23Cl2N3O2S. The van der Waals surface area contributed by atoms with Gasteiger partial charge in [0.05, 0.1) is 10.2 Å². The average Bonchev–Trinajstić information content (AvgIpc) is 3.08. The van der Waals surface area contributed by atoms with E-state index in [2.05, 4.69) is 4.90 Å². The summed E-state index contributed by atoms with van der Waals surface area (Å²) in [5.74, 6) is 0.462. The summed E-state index contributed by atoms with van der Waals surface area (Å²) >= 11 is 13.6. The average molecular weight is 452 g/mol. The predicted molar refractivity (Wildman–Crippen MR) is 122 cm³/mol. The van der Waals surface area contributed by atoms with Crippen LogP contribution in [0.4, 0.5) is 5.13 Å². The van der Waals surface area contributed by atoms with Crippen molar-refractivity contribution < 1.29 is 9.53 Å². The summed E-state index contributed by atoms with van der Waals surface area (Å²) in [5, 5.41) is 1.95. The number of carbonyl (C=O) groups is 1. The molecule has 5 nitrogen and oxygen atoms in total. The van der Waals surface area contributed by atoms with Gasteiger partial charge in [0.25, 0.3) is 5.91 Å². The van der Waals surface area contributed by atoms with Crippen LogP contribution in [0.5, 0.6) is 5.75 Å². The highest BCUT2D eigenvalue weighted by Crippen LogP contribution is 2.33. The Labute approximate surface area is 184 Å². The van der Waals surface area contributed by atoms with Crippen LogP contribution in [-0.2, 0) is 4.79 Å². The number of hydrogen-bond donors (Lipinski definition) is 0. The van der Waals surface area contributed by atoms with E-state index in [1.165, 1.54) is 11.3 Å². The Hall–Kier alpha value is -1.86. The second kappa shape index (κ2) is 9.76. The summed E-state index contributed by atoms with van der Waals surface area (Å²) in [6, 6.07) is 10.7. The van der Waals surface area contributed by atoms with Crippen molar-refractivity contribution in [2.45, 2.75) is 13.3 Å². The second-order valence-electron chi connectivity index (χ2n) is 7.01. The van der Waals surface area contributed by atoms with E-state index in [1.54, 1.807) is 29.2 Å². The second-order valence-corrected chi connectivity index (χ2v) is 8.89. The Bertz CT molecular complexity index is 990. The summed E-state index contributed by atoms with van der Waals surface area (Å²) in [5.41, 5.74) is 1.87. The summed E-state index contributed by atoms with van der Waals surface area (Å²) in [6.45, 7) is 3.34. The Morgan fingerprint density at radius 1 is 1.10 bits per heavy atom. The molecule has 0 saturated heterocycles. The van der Waals surface area contributed by atoms with E-state index in [1.807, 2.05) is 33.2 Å². The number of ether oxygens (including phenoxy) is 1. The summed E-state index contributed by atoms with van der Waals surface area (Å²) in [7, 11) is 4.03. The maximum absolute atomic E-state index is 13.0. The van der Waals surface area contributed by atoms with Crippen LogP contribution in [0.1, 0.15) is 12.0 Å². The van der Waals surface area contributed by atoms with Crippen LogP contribution in [0, 0.1) is 6.92 Å². The van der Waals surface area contributed by atoms with E-state index >= 15 is 0 Å². The largest absolute Gasteiger partial charge is 0.484 e. The van der Waals surface area contributed by atoms with Crippen molar-refractivity contribution in [2.75, 3.05) is 38.7 Å². The number of aryl methyl sites for hydroxylation is 1. The van der Waals surface area contributed by atoms with Crippen LogP contribution in [0.15, 0.2) is 36.4 Å². The first-order valence-corrected chi connectivity index (χ1v) is 10.8. The summed E-state index contributed by atoms with van der Waals surface area (Å²) in [6.07, 6.45) is 0.829. The highest BCUT2D eigenvalue weighted by Gasteiger charge is 2.21. The predicted octanol–water partition coefficient (Wildman–Crippen LogP) is 5.28. The molecule has 0 bridgehead atoms. The smallest absolute Gasteiger partial charge is 0.266 e. The number of benzene rings is 2. The van der Waals surface area contributed by atoms with Gasteiger partial charge in [-0.25, -0.2) is 4.98 Å². The minimum atomic E-state index is -0.137. The highest BCUT2D eigenvalue weighted by molar-refractivity contribution is 7.22. The maximum atomic E-state index is 13.0. The number of thiazole rings is 1. The van der Waals surface area contributed by atoms with Crippen LogP contribution in [-0.4, -0.2) is 49.6 Å². The van der Waals surface area contributed by atoms with E-state index in [9.17, 15) is 4.79 Å². The van der Waals surface area contributed by atoms with Crippen molar-refractivity contribution in [3.05, 3.63) is 52.0 Å². The summed E-state index contributed by atoms with van der Waals surface area (Å²) in [4.78, 5) is 21.5. The zero-order valence-electron chi connectivity index (χ0n) is 16.6. The van der Waals surface area contributed by atoms with Crippen molar-refractivity contribution in [3.63, 3.8) is 0 Å². The number of rotatable bonds is 8. The van der Waals surface area contributed by atoms with E-state index in [0.717, 1.165) is 28.7 Å². The third-order valence-electron chi connectivity index (χ3n) is 4.33. The molecule has 2 aromatic carbocycles. The Morgan fingerprint density at radius 2 is 1.83 bits per heavy atom. The van der Waals surface area contributed by atoms with Crippen molar-refractivity contribution in [3.8, 4) is 5.75 Å². The number of amides is 1. The lowest BCUT2D eigenvalue weighted by Crippen LogP contribution is -2.36. The molecule has 0 unspecified atom stereocenters. The van der Waals surface area contributed by atoms with Crippen molar-refractivity contribution in [1.82, 2.24) is 9.88 Å². The van der Waals surface area contributed by atoms with Gasteiger partial charge in [-0.2, -0.15) is 0 Å². The van der Waals surface area contributed by atoms with Gasteiger partial charge in [-0.1, -0.05) is 34.5 Å². The van der Waals surface area contributed by atoms with Crippen molar-refractivity contribution >= 4 is 55.8 Å². The SMILES string of the molecule is Cc1cc(Cl)cc2sc(N(CCCN(C)C)C(=O)COc3ccc(Cl)cc3)nc12. The first-order valence-electron chi connectivity index (χ1n) is 9.23. The van der Waals surface area contributed by atoms with E-state index < -0.39 is 0 Å².